The van der Waals surface area contributed by atoms with Gasteiger partial charge in [-0.15, -0.1) is 0 Å². The molecule has 0 N–H and O–H groups in total. The van der Waals surface area contributed by atoms with E-state index in [0.29, 0.717) is 41.4 Å². The fourth-order valence-corrected chi connectivity index (χ4v) is 6.61. The average molecular weight is 640 g/mol. The minimum Gasteiger partial charge on any atom is -0.445 e. The lowest BCUT2D eigenvalue weighted by atomic mass is 9.97. The molecule has 0 aliphatic heterocycles. The Kier molecular flexibility index (Phi) is 9.11. The van der Waals surface area contributed by atoms with Crippen molar-refractivity contribution in [2.45, 2.75) is 25.3 Å². The molecule has 3 heterocycles. The summed E-state index contributed by atoms with van der Waals surface area (Å²) in [6, 6.07) is 24.4. The Labute approximate surface area is 267 Å². The van der Waals surface area contributed by atoms with Crippen molar-refractivity contribution in [1.82, 2.24) is 19.9 Å². The number of nitrogens with zero attached hydrogens (tertiary/aromatic N) is 5. The molecule has 11 nitrogen and oxygen atoms in total. The molecular formula is C34H33N5O6S. The molecule has 0 radical (unpaired) electrons. The van der Waals surface area contributed by atoms with Gasteiger partial charge in [-0.3, -0.25) is 4.68 Å². The van der Waals surface area contributed by atoms with Crippen molar-refractivity contribution in [3.8, 4) is 33.8 Å². The molecule has 0 aliphatic rings. The predicted molar refractivity (Wildman–Crippen MR) is 172 cm³/mol. The number of ether oxygens (including phenoxy) is 2. The second-order valence-electron chi connectivity index (χ2n) is 10.6. The Balaban J connectivity index is 1.44. The smallest absolute Gasteiger partial charge is 0.269 e. The van der Waals surface area contributed by atoms with Crippen LogP contribution in [0.2, 0.25) is 0 Å². The van der Waals surface area contributed by atoms with Crippen LogP contribution in [0.1, 0.15) is 16.8 Å². The van der Waals surface area contributed by atoms with Gasteiger partial charge in [0, 0.05) is 35.6 Å². The molecule has 0 unspecified atom stereocenters. The summed E-state index contributed by atoms with van der Waals surface area (Å²) >= 11 is 0. The van der Waals surface area contributed by atoms with E-state index in [9.17, 15) is 8.42 Å². The van der Waals surface area contributed by atoms with Crippen molar-refractivity contribution in [3.05, 3.63) is 114 Å². The lowest BCUT2D eigenvalue weighted by Gasteiger charge is -2.24. The first-order valence-corrected chi connectivity index (χ1v) is 16.0. The highest BCUT2D eigenvalue weighted by Crippen LogP contribution is 2.37. The van der Waals surface area contributed by atoms with Crippen LogP contribution < -0.4 is 4.31 Å². The van der Waals surface area contributed by atoms with E-state index in [1.54, 1.807) is 45.4 Å². The van der Waals surface area contributed by atoms with E-state index in [-0.39, 0.29) is 24.1 Å². The molecule has 6 rings (SSSR count). The van der Waals surface area contributed by atoms with Crippen LogP contribution in [-0.4, -0.2) is 55.4 Å². The maximum Gasteiger partial charge on any atom is 0.269 e. The van der Waals surface area contributed by atoms with Crippen LogP contribution in [-0.2, 0) is 26.0 Å². The third-order valence-corrected chi connectivity index (χ3v) is 9.34. The quantitative estimate of drug-likeness (QED) is 0.105. The normalized spacial score (nSPS) is 11.6. The Hall–Kier alpha value is -5.04. The molecule has 3 aromatic carbocycles. The number of anilines is 1. The van der Waals surface area contributed by atoms with Crippen LogP contribution in [0.15, 0.2) is 111 Å². The molecule has 46 heavy (non-hydrogen) atoms. The maximum absolute atomic E-state index is 14.5. The van der Waals surface area contributed by atoms with E-state index in [2.05, 4.69) is 10.1 Å². The molecule has 0 saturated heterocycles. The van der Waals surface area contributed by atoms with Crippen molar-refractivity contribution in [1.29, 1.82) is 0 Å². The zero-order valence-electron chi connectivity index (χ0n) is 25.7. The van der Waals surface area contributed by atoms with E-state index in [1.165, 1.54) is 6.26 Å². The summed E-state index contributed by atoms with van der Waals surface area (Å²) in [5.74, 6) is 0.545. The molecule has 0 fully saturated rings. The Morgan fingerprint density at radius 2 is 1.72 bits per heavy atom. The number of methoxy groups -OCH3 is 1. The second-order valence-corrected chi connectivity index (χ2v) is 12.4. The summed E-state index contributed by atoms with van der Waals surface area (Å²) in [5.41, 5.74) is 5.78. The van der Waals surface area contributed by atoms with Crippen LogP contribution in [0.25, 0.3) is 33.8 Å². The van der Waals surface area contributed by atoms with Crippen molar-refractivity contribution >= 4 is 15.9 Å². The predicted octanol–water partition coefficient (Wildman–Crippen LogP) is 6.34. The average Bonchev–Trinajstić information content (AvgIpc) is 3.85. The lowest BCUT2D eigenvalue weighted by molar-refractivity contribution is 0.0744. The van der Waals surface area contributed by atoms with E-state index in [0.717, 1.165) is 26.7 Å². The van der Waals surface area contributed by atoms with Gasteiger partial charge in [0.25, 0.3) is 10.0 Å². The van der Waals surface area contributed by atoms with E-state index in [4.69, 9.17) is 23.5 Å². The topological polar surface area (TPSA) is 126 Å². The summed E-state index contributed by atoms with van der Waals surface area (Å²) in [5, 5.41) is 8.81. The van der Waals surface area contributed by atoms with E-state index >= 15 is 0 Å². The number of sulfonamides is 1. The number of aryl methyl sites for hydroxylation is 1. The number of benzene rings is 3. The van der Waals surface area contributed by atoms with Crippen molar-refractivity contribution in [2.75, 3.05) is 31.4 Å². The fourth-order valence-electron chi connectivity index (χ4n) is 5.07. The van der Waals surface area contributed by atoms with Gasteiger partial charge in [-0.05, 0) is 49.2 Å². The highest BCUT2D eigenvalue weighted by Gasteiger charge is 2.33. The molecule has 0 saturated carbocycles. The van der Waals surface area contributed by atoms with Gasteiger partial charge in [0.05, 0.1) is 42.2 Å². The zero-order chi connectivity index (χ0) is 32.1. The molecule has 6 aromatic rings. The Morgan fingerprint density at radius 3 is 2.46 bits per heavy atom. The number of aromatic nitrogens is 4. The zero-order valence-corrected chi connectivity index (χ0v) is 26.5. The summed E-state index contributed by atoms with van der Waals surface area (Å²) < 4.78 is 53.9. The molecule has 3 aromatic heterocycles. The number of hydrogen-bond donors (Lipinski definition) is 0. The lowest BCUT2D eigenvalue weighted by Crippen LogP contribution is -2.34. The van der Waals surface area contributed by atoms with Crippen LogP contribution in [0.4, 0.5) is 5.88 Å². The van der Waals surface area contributed by atoms with Crippen molar-refractivity contribution < 1.29 is 26.8 Å². The number of hydrogen-bond acceptors (Lipinski definition) is 9. The monoisotopic (exact) mass is 639 g/mol. The molecule has 0 bridgehead atoms. The third-order valence-electron chi connectivity index (χ3n) is 7.57. The van der Waals surface area contributed by atoms with Crippen molar-refractivity contribution in [2.24, 2.45) is 0 Å². The van der Waals surface area contributed by atoms with Crippen LogP contribution in [0, 0.1) is 13.8 Å². The number of oxazole rings is 1. The molecule has 0 atom stereocenters. The van der Waals surface area contributed by atoms with Gasteiger partial charge >= 0.3 is 0 Å². The van der Waals surface area contributed by atoms with Crippen LogP contribution in [0.3, 0.4) is 0 Å². The summed E-state index contributed by atoms with van der Waals surface area (Å²) in [7, 11) is -2.67. The minimum absolute atomic E-state index is 0.0781. The SMILES string of the molecule is COCCOCN(c1onc(C)c1C)S(=O)(=O)c1ccccc1-c1ccc(-c2ncco2)cc1Cn1ccc(-c2ccccc2)n1. The van der Waals surface area contributed by atoms with Gasteiger partial charge < -0.3 is 18.4 Å². The van der Waals surface area contributed by atoms with E-state index in [1.807, 2.05) is 71.5 Å². The molecule has 236 valence electrons. The maximum atomic E-state index is 14.5. The number of rotatable bonds is 13. The van der Waals surface area contributed by atoms with Crippen molar-refractivity contribution in [3.63, 3.8) is 0 Å². The molecule has 0 spiro atoms. The highest BCUT2D eigenvalue weighted by atomic mass is 32.2. The highest BCUT2D eigenvalue weighted by molar-refractivity contribution is 7.93. The van der Waals surface area contributed by atoms with Crippen LogP contribution in [0.5, 0.6) is 0 Å². The summed E-state index contributed by atoms with van der Waals surface area (Å²) in [6.45, 7) is 4.08. The molecule has 0 amide bonds. The first kappa shape index (κ1) is 31.0. The third kappa shape index (κ3) is 6.36. The second kappa shape index (κ2) is 13.5. The summed E-state index contributed by atoms with van der Waals surface area (Å²) in [4.78, 5) is 4.39. The fraction of sp³-hybridized carbons (Fsp3) is 0.206. The van der Waals surface area contributed by atoms with Gasteiger partial charge in [-0.25, -0.2) is 17.7 Å². The van der Waals surface area contributed by atoms with Gasteiger partial charge in [-0.1, -0.05) is 59.8 Å². The van der Waals surface area contributed by atoms with Gasteiger partial charge in [-0.2, -0.15) is 5.10 Å². The Bertz CT molecular complexity index is 2020. The largest absolute Gasteiger partial charge is 0.445 e. The van der Waals surface area contributed by atoms with Gasteiger partial charge in [0.15, 0.2) is 0 Å². The molecule has 0 aliphatic carbocycles. The Morgan fingerprint density at radius 1 is 0.913 bits per heavy atom. The first-order chi connectivity index (χ1) is 22.4. The summed E-state index contributed by atoms with van der Waals surface area (Å²) in [6.07, 6.45) is 5.00. The van der Waals surface area contributed by atoms with E-state index < -0.39 is 10.0 Å². The minimum atomic E-state index is -4.22. The van der Waals surface area contributed by atoms with Gasteiger partial charge in [0.2, 0.25) is 11.8 Å². The first-order valence-electron chi connectivity index (χ1n) is 14.6. The van der Waals surface area contributed by atoms with Gasteiger partial charge in [0.1, 0.15) is 13.0 Å². The molecular weight excluding hydrogens is 606 g/mol. The molecule has 12 heteroatoms. The standard InChI is InChI=1S/C34H33N5O6S/c1-24-25(2)37-45-34(24)39(23-43-20-19-42-3)46(40,41)32-12-8-7-11-30(32)29-14-13-27(33-35-16-18-44-33)21-28(29)22-38-17-15-31(36-38)26-9-5-4-6-10-26/h4-18,21H,19-20,22-23H2,1-3H3. The van der Waals surface area contributed by atoms with Crippen LogP contribution >= 0.6 is 0 Å².